The summed E-state index contributed by atoms with van der Waals surface area (Å²) in [5.41, 5.74) is 40.1. The third kappa shape index (κ3) is 20.0. The van der Waals surface area contributed by atoms with Crippen LogP contribution < -0.4 is 39.3 Å². The lowest BCUT2D eigenvalue weighted by molar-refractivity contribution is -0.134. The van der Waals surface area contributed by atoms with Crippen molar-refractivity contribution in [3.63, 3.8) is 0 Å². The van der Waals surface area contributed by atoms with Gasteiger partial charge >= 0.3 is 6.03 Å². The molecule has 5 atom stereocenters. The maximum absolute atomic E-state index is 13.8. The van der Waals surface area contributed by atoms with Crippen LogP contribution in [0.15, 0.2) is 370 Å². The Labute approximate surface area is 814 Å². The first-order valence-electron chi connectivity index (χ1n) is 45.0. The summed E-state index contributed by atoms with van der Waals surface area (Å²) in [6, 6.07) is 106. The lowest BCUT2D eigenvalue weighted by Gasteiger charge is -2.40. The minimum atomic E-state index is -1.40. The van der Waals surface area contributed by atoms with E-state index in [1.54, 1.807) is 98.0 Å². The van der Waals surface area contributed by atoms with Gasteiger partial charge in [-0.25, -0.2) is 38.5 Å². The first-order chi connectivity index (χ1) is 66.8. The zero-order chi connectivity index (χ0) is 98.7. The van der Waals surface area contributed by atoms with E-state index in [0.717, 1.165) is 80.6 Å². The Morgan fingerprint density at radius 3 is 1.53 bits per heavy atom. The number of carbonyl (C=O) groups is 6. The van der Waals surface area contributed by atoms with Gasteiger partial charge in [0, 0.05) is 48.3 Å². The molecule has 19 rings (SSSR count). The number of amides is 7. The van der Waals surface area contributed by atoms with E-state index in [1.807, 2.05) is 233 Å². The van der Waals surface area contributed by atoms with E-state index in [0.29, 0.717) is 46.4 Å². The summed E-state index contributed by atoms with van der Waals surface area (Å²) >= 11 is 7.82. The summed E-state index contributed by atoms with van der Waals surface area (Å²) in [5.74, 6) is -1.51. The number of thiophene rings is 1. The van der Waals surface area contributed by atoms with E-state index in [2.05, 4.69) is 99.4 Å². The molecule has 14 aromatic rings. The predicted octanol–water partition coefficient (Wildman–Crippen LogP) is 19.3. The molecular weight excluding hydrogens is 1790 g/mol. The third-order valence-corrected chi connectivity index (χ3v) is 26.5. The summed E-state index contributed by atoms with van der Waals surface area (Å²) in [6.45, 7) is 10.4. The smallest absolute Gasteiger partial charge is 0.323 e. The van der Waals surface area contributed by atoms with Gasteiger partial charge < -0.3 is 39.3 Å². The maximum Gasteiger partial charge on any atom is 0.323 e. The lowest BCUT2D eigenvalue weighted by Crippen LogP contribution is -2.53. The fourth-order valence-electron chi connectivity index (χ4n) is 18.0. The molecule has 0 spiro atoms. The van der Waals surface area contributed by atoms with E-state index in [-0.39, 0.29) is 77.0 Å². The van der Waals surface area contributed by atoms with E-state index < -0.39 is 45.4 Å². The molecule has 0 saturated heterocycles. The van der Waals surface area contributed by atoms with Crippen LogP contribution in [0.25, 0.3) is 32.3 Å². The number of hydrogen-bond donors (Lipinski definition) is 7. The van der Waals surface area contributed by atoms with Crippen LogP contribution in [0.4, 0.5) is 25.0 Å². The number of guanidine groups is 5. The molecule has 0 fully saturated rings. The molecule has 0 radical (unpaired) electrons. The van der Waals surface area contributed by atoms with Crippen LogP contribution in [-0.4, -0.2) is 111 Å². The molecule has 13 aromatic carbocycles. The number of rotatable bonds is 18. The number of benzene rings is 13. The lowest BCUT2D eigenvalue weighted by atomic mass is 9.75. The molecule has 0 aliphatic carbocycles. The first-order valence-corrected chi connectivity index (χ1v) is 46.2. The molecule has 2 unspecified atom stereocenters. The molecule has 0 saturated carbocycles. The van der Waals surface area contributed by atoms with Gasteiger partial charge in [0.05, 0.1) is 47.6 Å². The number of nitrogens with one attached hydrogen (secondary N) is 2. The number of hydrogen-bond acceptors (Lipinski definition) is 18. The molecule has 6 heterocycles. The molecular formula is C111H103ClF2N18O6S. The number of aryl methyl sites for hydroxylation is 1. The monoisotopic (exact) mass is 1890 g/mol. The highest BCUT2D eigenvalue weighted by atomic mass is 35.5. The van der Waals surface area contributed by atoms with Crippen molar-refractivity contribution < 1.29 is 37.5 Å². The van der Waals surface area contributed by atoms with Gasteiger partial charge in [0.25, 0.3) is 17.7 Å². The number of nitriles is 1. The normalized spacial score (nSPS) is 18.6. The van der Waals surface area contributed by atoms with Crippen molar-refractivity contribution in [1.29, 1.82) is 5.26 Å². The average Bonchev–Trinajstić information content (AvgIpc) is 1.62. The molecule has 12 N–H and O–H groups in total. The number of nitrogens with two attached hydrogens (primary N) is 5. The maximum atomic E-state index is 13.8. The van der Waals surface area contributed by atoms with Crippen LogP contribution >= 0.6 is 22.9 Å². The van der Waals surface area contributed by atoms with Crippen LogP contribution in [0.1, 0.15) is 120 Å². The number of nitrogens with zero attached hydrogens (tertiary/aromatic N) is 11. The van der Waals surface area contributed by atoms with Gasteiger partial charge in [0.1, 0.15) is 11.6 Å². The molecule has 5 aliphatic heterocycles. The Kier molecular flexibility index (Phi) is 28.8. The quantitative estimate of drug-likeness (QED) is 0.0421. The van der Waals surface area contributed by atoms with Crippen molar-refractivity contribution in [3.8, 4) is 28.3 Å². The van der Waals surface area contributed by atoms with Crippen LogP contribution in [0.5, 0.6) is 0 Å². The average molecular weight is 1890 g/mol. The molecule has 28 heteroatoms. The van der Waals surface area contributed by atoms with Gasteiger partial charge in [-0.05, 0) is 196 Å². The van der Waals surface area contributed by atoms with Gasteiger partial charge in [0.2, 0.25) is 11.8 Å². The van der Waals surface area contributed by atoms with Gasteiger partial charge in [-0.2, -0.15) is 5.26 Å². The van der Waals surface area contributed by atoms with Crippen molar-refractivity contribution in [2.45, 2.75) is 94.2 Å². The van der Waals surface area contributed by atoms with E-state index in [9.17, 15) is 37.5 Å². The minimum Gasteiger partial charge on any atom is -0.369 e. The summed E-state index contributed by atoms with van der Waals surface area (Å²) in [6.07, 6.45) is 1.94. The fraction of sp³-hybridized carbons (Fsp3) is 0.171. The fourth-order valence-corrected chi connectivity index (χ4v) is 19.1. The van der Waals surface area contributed by atoms with Crippen LogP contribution in [0.3, 0.4) is 0 Å². The topological polar surface area (TPSA) is 358 Å². The number of carbonyl (C=O) groups excluding carboxylic acids is 6. The van der Waals surface area contributed by atoms with Crippen LogP contribution in [-0.2, 0) is 58.2 Å². The van der Waals surface area contributed by atoms with Gasteiger partial charge in [-0.3, -0.25) is 48.5 Å². The highest BCUT2D eigenvalue weighted by Crippen LogP contribution is 2.48. The molecule has 24 nitrogen and oxygen atoms in total. The molecule has 5 aliphatic rings. The second-order valence-electron chi connectivity index (χ2n) is 34.6. The van der Waals surface area contributed by atoms with Crippen LogP contribution in [0, 0.1) is 35.8 Å². The zero-order valence-corrected chi connectivity index (χ0v) is 79.3. The third-order valence-electron chi connectivity index (χ3n) is 25.4. The number of fused-ring (bicyclic) bond motifs is 1. The predicted molar refractivity (Wildman–Crippen MR) is 546 cm³/mol. The van der Waals surface area contributed by atoms with E-state index >= 15 is 0 Å². The highest BCUT2D eigenvalue weighted by Gasteiger charge is 2.54. The molecule has 700 valence electrons. The minimum absolute atomic E-state index is 0.00345. The molecule has 7 amide bonds. The number of aliphatic imine (C=N–C) groups is 5. The molecule has 0 bridgehead atoms. The Hall–Kier alpha value is -16.6. The zero-order valence-electron chi connectivity index (χ0n) is 77.7. The standard InChI is InChI=1S/C23H19F2N5O2.C23H21N3O.C22H18ClN3O.C22H24N4O.C21H21N3OS/c1-30-20(31)23(29-21(30)26,14-6-3-2-4-7-14)15-8-5-9-18(10-15)27-22(32)28-19-12-16(24)11-17(25)13-19;1-17(18-11-5-2-6-12-18)26-21(27)23(25-22(26)24,19-13-7-3-8-14-19)20-15-9-4-10-16-20;23-19-13-7-8-16(14-19)15-26-20(27)22(25-21(26)24,17-9-3-1-4-10-17)18-11-5-2-6-12-18;1-4-7-19-20(27)26(3)21(24)25-22(19,2)18-11-6-10-17(13-18)16-9-5-8-15(12-16)14-23;1-13-5-4-6-14(9-13)17-11-16(10-15-7-8-26-19(15)17)21(2)12-18(25)24(3)20(22)23-21/h2-13H,1H3,(H2,26,29)(H2,27,28,32);2-17H,1H3,(H2,24,25);1-14H,15H2,(H2,24,25);5-6,8-13,19H,4,7H2,1-3H3,(H2,24,25);4-11H,12H2,1-3H3,(H2,22,23)/t;;;19-,22+;21-/m...00/s1. The Bertz CT molecular complexity index is 7070. The Balaban J connectivity index is 0.000000132. The first kappa shape index (κ1) is 97.0. The van der Waals surface area contributed by atoms with Crippen molar-refractivity contribution in [2.24, 2.45) is 59.5 Å². The molecule has 1 aromatic heterocycles. The number of halogens is 3. The highest BCUT2D eigenvalue weighted by molar-refractivity contribution is 7.17. The SMILES string of the molecule is CC(c1ccccc1)N1C(=O)C(c2ccccc2)(c2ccccc2)N=C1N.CCC[C@H]1C(=O)N(C)C(N)=N[C@]1(C)c1cccc(-c2cccc(C#N)c2)c1.CN1C(=O)C(c2ccccc2)(c2cccc(NC(=O)Nc3cc(F)cc(F)c3)c2)N=C1N.Cc1cccc(-c2cc([C@]3(C)CC(=O)N(C)C(N)=N3)cc3ccsc23)c1.NC1=NC(c2ccccc2)(c2ccccc2)C(=O)N1Cc1cccc(Cl)c1. The summed E-state index contributed by atoms with van der Waals surface area (Å²) in [4.78, 5) is 109. The van der Waals surface area contributed by atoms with E-state index in [4.69, 9.17) is 55.5 Å². The Morgan fingerprint density at radius 1 is 0.482 bits per heavy atom. The summed E-state index contributed by atoms with van der Waals surface area (Å²) < 4.78 is 28.0. The van der Waals surface area contributed by atoms with Crippen LogP contribution in [0.2, 0.25) is 5.02 Å². The van der Waals surface area contributed by atoms with E-state index in [1.165, 1.54) is 46.4 Å². The number of likely N-dealkylation sites (N-methyl/N-ethyl adjacent to an activating group) is 1. The second kappa shape index (κ2) is 41.3. The van der Waals surface area contributed by atoms with Gasteiger partial charge in [-0.15, -0.1) is 11.3 Å². The number of urea groups is 1. The van der Waals surface area contributed by atoms with Crippen molar-refractivity contribution in [3.05, 3.63) is 429 Å². The second-order valence-corrected chi connectivity index (χ2v) is 35.9. The molecule has 139 heavy (non-hydrogen) atoms. The van der Waals surface area contributed by atoms with Crippen molar-refractivity contribution >= 4 is 110 Å². The Morgan fingerprint density at radius 2 is 0.971 bits per heavy atom. The summed E-state index contributed by atoms with van der Waals surface area (Å²) in [7, 11) is 4.88. The van der Waals surface area contributed by atoms with Gasteiger partial charge in [0.15, 0.2) is 46.4 Å². The number of anilines is 2. The van der Waals surface area contributed by atoms with Gasteiger partial charge in [-0.1, -0.05) is 291 Å². The van der Waals surface area contributed by atoms with Crippen molar-refractivity contribution in [2.75, 3.05) is 31.8 Å². The van der Waals surface area contributed by atoms with Crippen molar-refractivity contribution in [1.82, 2.24) is 24.5 Å². The largest absolute Gasteiger partial charge is 0.369 e. The summed E-state index contributed by atoms with van der Waals surface area (Å²) in [5, 5.41) is 18.0.